The van der Waals surface area contributed by atoms with E-state index in [0.717, 1.165) is 10.0 Å². The largest absolute Gasteiger partial charge is 0.487 e. The molecule has 0 aliphatic heterocycles. The maximum absolute atomic E-state index is 6.07. The minimum absolute atomic E-state index is 0.342. The van der Waals surface area contributed by atoms with Crippen LogP contribution in [-0.2, 0) is 6.61 Å². The van der Waals surface area contributed by atoms with Gasteiger partial charge in [-0.3, -0.25) is 0 Å². The SMILES string of the molecule is NNc1cc(COc2cc(Cl)c(Br)cc2Cl)ccn1. The molecule has 0 aliphatic carbocycles. The molecule has 1 aromatic carbocycles. The summed E-state index contributed by atoms with van der Waals surface area (Å²) in [5.41, 5.74) is 3.39. The molecule has 0 aliphatic rings. The molecule has 7 heteroatoms. The van der Waals surface area contributed by atoms with Gasteiger partial charge in [0.05, 0.1) is 10.0 Å². The zero-order chi connectivity index (χ0) is 13.8. The Balaban J connectivity index is 2.12. The highest BCUT2D eigenvalue weighted by Gasteiger charge is 2.07. The Morgan fingerprint density at radius 1 is 1.26 bits per heavy atom. The number of halogens is 3. The molecule has 0 spiro atoms. The molecule has 0 amide bonds. The number of hydrogen-bond donors (Lipinski definition) is 2. The first-order valence-corrected chi connectivity index (χ1v) is 6.84. The molecule has 1 heterocycles. The van der Waals surface area contributed by atoms with Gasteiger partial charge >= 0.3 is 0 Å². The molecule has 19 heavy (non-hydrogen) atoms. The van der Waals surface area contributed by atoms with Gasteiger partial charge in [0.15, 0.2) is 0 Å². The molecule has 1 aromatic heterocycles. The zero-order valence-electron chi connectivity index (χ0n) is 9.66. The lowest BCUT2D eigenvalue weighted by molar-refractivity contribution is 0.306. The Labute approximate surface area is 129 Å². The zero-order valence-corrected chi connectivity index (χ0v) is 12.8. The van der Waals surface area contributed by atoms with E-state index in [1.165, 1.54) is 0 Å². The second-order valence-corrected chi connectivity index (χ2v) is 5.35. The van der Waals surface area contributed by atoms with Crippen molar-refractivity contribution in [2.45, 2.75) is 6.61 Å². The lowest BCUT2D eigenvalue weighted by Crippen LogP contribution is -2.09. The monoisotopic (exact) mass is 361 g/mol. The molecule has 0 bridgehead atoms. The third kappa shape index (κ3) is 3.73. The number of benzene rings is 1. The standard InChI is InChI=1S/C12H10BrCl2N3O/c13-8-4-10(15)11(5-9(8)14)19-6-7-1-2-17-12(3-7)18-16/h1-5H,6,16H2,(H,17,18). The fourth-order valence-corrected chi connectivity index (χ4v) is 2.27. The number of ether oxygens (including phenoxy) is 1. The summed E-state index contributed by atoms with van der Waals surface area (Å²) in [7, 11) is 0. The van der Waals surface area contributed by atoms with Gasteiger partial charge in [-0.25, -0.2) is 10.8 Å². The molecule has 0 radical (unpaired) electrons. The third-order valence-electron chi connectivity index (χ3n) is 2.34. The van der Waals surface area contributed by atoms with Crippen LogP contribution >= 0.6 is 39.1 Å². The van der Waals surface area contributed by atoms with E-state index in [9.17, 15) is 0 Å². The highest BCUT2D eigenvalue weighted by molar-refractivity contribution is 9.10. The van der Waals surface area contributed by atoms with Crippen molar-refractivity contribution in [2.24, 2.45) is 5.84 Å². The van der Waals surface area contributed by atoms with Gasteiger partial charge in [0.1, 0.15) is 18.2 Å². The van der Waals surface area contributed by atoms with E-state index < -0.39 is 0 Å². The molecular weight excluding hydrogens is 353 g/mol. The number of nitrogens with zero attached hydrogens (tertiary/aromatic N) is 1. The Morgan fingerprint density at radius 3 is 2.79 bits per heavy atom. The normalized spacial score (nSPS) is 10.3. The molecule has 4 nitrogen and oxygen atoms in total. The summed E-state index contributed by atoms with van der Waals surface area (Å²) in [4.78, 5) is 4.01. The van der Waals surface area contributed by atoms with Gasteiger partial charge in [0.2, 0.25) is 0 Å². The van der Waals surface area contributed by atoms with Crippen molar-refractivity contribution >= 4 is 44.9 Å². The lowest BCUT2D eigenvalue weighted by Gasteiger charge is -2.10. The fourth-order valence-electron chi connectivity index (χ4n) is 1.42. The van der Waals surface area contributed by atoms with Crippen LogP contribution in [0.5, 0.6) is 5.75 Å². The van der Waals surface area contributed by atoms with E-state index in [1.807, 2.05) is 6.07 Å². The van der Waals surface area contributed by atoms with Crippen molar-refractivity contribution in [3.8, 4) is 5.75 Å². The van der Waals surface area contributed by atoms with Crippen molar-refractivity contribution < 1.29 is 4.74 Å². The summed E-state index contributed by atoms with van der Waals surface area (Å²) in [5, 5.41) is 1.03. The number of pyridine rings is 1. The molecule has 2 rings (SSSR count). The van der Waals surface area contributed by atoms with E-state index in [0.29, 0.717) is 28.2 Å². The Kier molecular flexibility index (Phi) is 4.87. The van der Waals surface area contributed by atoms with Gasteiger partial charge in [0, 0.05) is 16.7 Å². The van der Waals surface area contributed by atoms with Crippen molar-refractivity contribution in [2.75, 3.05) is 5.43 Å². The number of anilines is 1. The molecule has 0 unspecified atom stereocenters. The highest BCUT2D eigenvalue weighted by Crippen LogP contribution is 2.34. The summed E-state index contributed by atoms with van der Waals surface area (Å²) < 4.78 is 6.35. The third-order valence-corrected chi connectivity index (χ3v) is 3.83. The number of aromatic nitrogens is 1. The highest BCUT2D eigenvalue weighted by atomic mass is 79.9. The number of nitrogen functional groups attached to an aromatic ring is 1. The van der Waals surface area contributed by atoms with Crippen LogP contribution in [0.25, 0.3) is 0 Å². The summed E-state index contributed by atoms with van der Waals surface area (Å²) in [5.74, 6) is 6.38. The van der Waals surface area contributed by atoms with Crippen molar-refractivity contribution in [3.63, 3.8) is 0 Å². The van der Waals surface area contributed by atoms with Crippen LogP contribution in [0.15, 0.2) is 34.9 Å². The molecule has 0 saturated carbocycles. The molecule has 0 atom stereocenters. The Morgan fingerprint density at radius 2 is 2.05 bits per heavy atom. The van der Waals surface area contributed by atoms with E-state index in [1.54, 1.807) is 24.4 Å². The van der Waals surface area contributed by atoms with Gasteiger partial charge in [-0.05, 0) is 39.7 Å². The summed E-state index contributed by atoms with van der Waals surface area (Å²) in [6.45, 7) is 0.342. The second-order valence-electron chi connectivity index (χ2n) is 3.68. The first-order valence-electron chi connectivity index (χ1n) is 5.29. The Bertz CT molecular complexity index is 595. The first kappa shape index (κ1) is 14.4. The number of hydrogen-bond acceptors (Lipinski definition) is 4. The lowest BCUT2D eigenvalue weighted by atomic mass is 10.3. The van der Waals surface area contributed by atoms with Crippen LogP contribution in [0, 0.1) is 0 Å². The minimum Gasteiger partial charge on any atom is -0.487 e. The van der Waals surface area contributed by atoms with Crippen LogP contribution in [0.3, 0.4) is 0 Å². The Hall–Kier alpha value is -1.01. The summed E-state index contributed by atoms with van der Waals surface area (Å²) in [6, 6.07) is 6.97. The van der Waals surface area contributed by atoms with Crippen LogP contribution in [0.4, 0.5) is 5.82 Å². The van der Waals surface area contributed by atoms with E-state index >= 15 is 0 Å². The first-order chi connectivity index (χ1) is 9.10. The van der Waals surface area contributed by atoms with Gasteiger partial charge in [-0.2, -0.15) is 0 Å². The number of nitrogens with one attached hydrogen (secondary N) is 1. The van der Waals surface area contributed by atoms with Gasteiger partial charge in [-0.1, -0.05) is 23.2 Å². The van der Waals surface area contributed by atoms with Crippen molar-refractivity contribution in [1.29, 1.82) is 0 Å². The number of hydrazine groups is 1. The van der Waals surface area contributed by atoms with Crippen molar-refractivity contribution in [3.05, 3.63) is 50.5 Å². The van der Waals surface area contributed by atoms with Crippen LogP contribution < -0.4 is 16.0 Å². The van der Waals surface area contributed by atoms with Crippen LogP contribution in [-0.4, -0.2) is 4.98 Å². The van der Waals surface area contributed by atoms with E-state index in [-0.39, 0.29) is 0 Å². The molecule has 0 saturated heterocycles. The number of rotatable bonds is 4. The van der Waals surface area contributed by atoms with Gasteiger partial charge < -0.3 is 10.2 Å². The van der Waals surface area contributed by atoms with E-state index in [4.69, 9.17) is 33.8 Å². The maximum atomic E-state index is 6.07. The fraction of sp³-hybridized carbons (Fsp3) is 0.0833. The minimum atomic E-state index is 0.342. The van der Waals surface area contributed by atoms with Gasteiger partial charge in [0.25, 0.3) is 0 Å². The molecule has 2 aromatic rings. The van der Waals surface area contributed by atoms with Crippen LogP contribution in [0.1, 0.15) is 5.56 Å². The molecule has 100 valence electrons. The van der Waals surface area contributed by atoms with Gasteiger partial charge in [-0.15, -0.1) is 0 Å². The number of nitrogens with two attached hydrogens (primary N) is 1. The van der Waals surface area contributed by atoms with E-state index in [2.05, 4.69) is 26.3 Å². The predicted molar refractivity (Wildman–Crippen MR) is 80.5 cm³/mol. The quantitative estimate of drug-likeness (QED) is 0.490. The summed E-state index contributed by atoms with van der Waals surface area (Å²) in [6.07, 6.45) is 1.64. The molecule has 3 N–H and O–H groups in total. The average Bonchev–Trinajstić information content (AvgIpc) is 2.41. The average molecular weight is 363 g/mol. The second kappa shape index (κ2) is 6.43. The maximum Gasteiger partial charge on any atom is 0.140 e. The summed E-state index contributed by atoms with van der Waals surface area (Å²) >= 11 is 15.4. The molecule has 0 fully saturated rings. The smallest absolute Gasteiger partial charge is 0.140 e. The van der Waals surface area contributed by atoms with Crippen molar-refractivity contribution in [1.82, 2.24) is 4.98 Å². The predicted octanol–water partition coefficient (Wildman–Crippen LogP) is 4.02. The molecular formula is C12H10BrCl2N3O. The van der Waals surface area contributed by atoms with Crippen LogP contribution in [0.2, 0.25) is 10.0 Å². The topological polar surface area (TPSA) is 60.2 Å².